The molecule has 3 rings (SSSR count). The van der Waals surface area contributed by atoms with Crippen LogP contribution in [0.3, 0.4) is 0 Å². The number of nitrogens with one attached hydrogen (secondary N) is 1. The number of hydrogen-bond acceptors (Lipinski definition) is 3. The summed E-state index contributed by atoms with van der Waals surface area (Å²) in [4.78, 5) is 11.4. The van der Waals surface area contributed by atoms with E-state index in [1.807, 2.05) is 6.20 Å². The number of anilines is 1. The second kappa shape index (κ2) is 4.72. The van der Waals surface area contributed by atoms with Gasteiger partial charge in [-0.05, 0) is 30.9 Å². The summed E-state index contributed by atoms with van der Waals surface area (Å²) < 4.78 is 0. The molecule has 0 saturated carbocycles. The van der Waals surface area contributed by atoms with Crippen molar-refractivity contribution in [2.45, 2.75) is 19.8 Å². The number of nitrogens with zero attached hydrogens (tertiary/aromatic N) is 2. The fourth-order valence-electron chi connectivity index (χ4n) is 2.33. The van der Waals surface area contributed by atoms with Gasteiger partial charge in [-0.3, -0.25) is 0 Å². The van der Waals surface area contributed by atoms with Crippen molar-refractivity contribution in [2.75, 3.05) is 5.73 Å². The van der Waals surface area contributed by atoms with Crippen LogP contribution in [0.1, 0.15) is 16.7 Å². The standard InChI is InChI=1S/C15H16N4/c1-10-3-2-4-11(7-10)5-6-12-8-17-14-13(12)9-18-15(16)19-14/h2-4,7-9H,5-6H2,1H3,(H3,16,17,18,19). The molecule has 0 saturated heterocycles. The summed E-state index contributed by atoms with van der Waals surface area (Å²) in [5.74, 6) is 0.305. The first-order valence-corrected chi connectivity index (χ1v) is 6.36. The lowest BCUT2D eigenvalue weighted by Gasteiger charge is -2.02. The molecule has 0 aliphatic carbocycles. The van der Waals surface area contributed by atoms with E-state index in [0.29, 0.717) is 5.95 Å². The minimum atomic E-state index is 0.305. The number of nitrogens with two attached hydrogens (primary N) is 1. The third kappa shape index (κ3) is 2.42. The van der Waals surface area contributed by atoms with Crippen LogP contribution in [0.4, 0.5) is 5.95 Å². The summed E-state index contributed by atoms with van der Waals surface area (Å²) in [7, 11) is 0. The molecule has 0 amide bonds. The number of aryl methyl sites for hydroxylation is 3. The van der Waals surface area contributed by atoms with E-state index in [1.54, 1.807) is 6.20 Å². The Morgan fingerprint density at radius 3 is 3.00 bits per heavy atom. The van der Waals surface area contributed by atoms with Crippen LogP contribution in [-0.4, -0.2) is 15.0 Å². The van der Waals surface area contributed by atoms with E-state index in [0.717, 1.165) is 23.9 Å². The van der Waals surface area contributed by atoms with Crippen molar-refractivity contribution in [2.24, 2.45) is 0 Å². The van der Waals surface area contributed by atoms with Gasteiger partial charge in [-0.2, -0.15) is 4.98 Å². The largest absolute Gasteiger partial charge is 0.368 e. The average Bonchev–Trinajstić information content (AvgIpc) is 2.78. The van der Waals surface area contributed by atoms with E-state index in [2.05, 4.69) is 46.1 Å². The molecular formula is C15H16N4. The van der Waals surface area contributed by atoms with Gasteiger partial charge in [0.1, 0.15) is 5.65 Å². The molecule has 0 spiro atoms. The van der Waals surface area contributed by atoms with Crippen LogP contribution in [0.15, 0.2) is 36.7 Å². The van der Waals surface area contributed by atoms with E-state index < -0.39 is 0 Å². The van der Waals surface area contributed by atoms with E-state index in [-0.39, 0.29) is 0 Å². The molecule has 3 aromatic rings. The van der Waals surface area contributed by atoms with Crippen LogP contribution < -0.4 is 5.73 Å². The first kappa shape index (κ1) is 11.7. The van der Waals surface area contributed by atoms with Crippen molar-refractivity contribution in [3.8, 4) is 0 Å². The van der Waals surface area contributed by atoms with Gasteiger partial charge in [0.2, 0.25) is 5.95 Å². The zero-order valence-corrected chi connectivity index (χ0v) is 10.9. The topological polar surface area (TPSA) is 67.6 Å². The predicted octanol–water partition coefficient (Wildman–Crippen LogP) is 2.63. The van der Waals surface area contributed by atoms with Gasteiger partial charge in [-0.15, -0.1) is 0 Å². The Bertz CT molecular complexity index is 715. The Labute approximate surface area is 111 Å². The smallest absolute Gasteiger partial charge is 0.221 e. The highest BCUT2D eigenvalue weighted by Gasteiger charge is 2.06. The van der Waals surface area contributed by atoms with Gasteiger partial charge in [0.05, 0.1) is 0 Å². The fourth-order valence-corrected chi connectivity index (χ4v) is 2.33. The minimum Gasteiger partial charge on any atom is -0.368 e. The maximum atomic E-state index is 5.57. The van der Waals surface area contributed by atoms with Crippen LogP contribution in [-0.2, 0) is 12.8 Å². The number of H-pyrrole nitrogens is 1. The number of benzene rings is 1. The molecule has 0 fully saturated rings. The van der Waals surface area contributed by atoms with Gasteiger partial charge in [0.25, 0.3) is 0 Å². The summed E-state index contributed by atoms with van der Waals surface area (Å²) >= 11 is 0. The van der Waals surface area contributed by atoms with Crippen molar-refractivity contribution in [3.63, 3.8) is 0 Å². The van der Waals surface area contributed by atoms with Crippen LogP contribution in [0.25, 0.3) is 11.0 Å². The molecule has 0 unspecified atom stereocenters. The Kier molecular flexibility index (Phi) is 2.91. The zero-order valence-electron chi connectivity index (χ0n) is 10.9. The zero-order chi connectivity index (χ0) is 13.2. The maximum absolute atomic E-state index is 5.57. The lowest BCUT2D eigenvalue weighted by atomic mass is 10.0. The van der Waals surface area contributed by atoms with Crippen molar-refractivity contribution in [1.82, 2.24) is 15.0 Å². The Morgan fingerprint density at radius 1 is 1.26 bits per heavy atom. The minimum absolute atomic E-state index is 0.305. The molecule has 1 aromatic carbocycles. The average molecular weight is 252 g/mol. The highest BCUT2D eigenvalue weighted by Crippen LogP contribution is 2.18. The van der Waals surface area contributed by atoms with E-state index in [1.165, 1.54) is 16.7 Å². The SMILES string of the molecule is Cc1cccc(CCc2c[nH]c3nc(N)ncc23)c1. The van der Waals surface area contributed by atoms with Crippen molar-refractivity contribution in [1.29, 1.82) is 0 Å². The van der Waals surface area contributed by atoms with Crippen LogP contribution >= 0.6 is 0 Å². The molecule has 0 aliphatic heterocycles. The Balaban J connectivity index is 1.82. The lowest BCUT2D eigenvalue weighted by molar-refractivity contribution is 0.965. The summed E-state index contributed by atoms with van der Waals surface area (Å²) in [5, 5.41) is 1.06. The number of hydrogen-bond donors (Lipinski definition) is 2. The first-order valence-electron chi connectivity index (χ1n) is 6.36. The summed E-state index contributed by atoms with van der Waals surface area (Å²) in [6.45, 7) is 2.12. The molecule has 2 aromatic heterocycles. The molecule has 0 aliphatic rings. The molecule has 0 radical (unpaired) electrons. The third-order valence-corrected chi connectivity index (χ3v) is 3.30. The molecule has 4 nitrogen and oxygen atoms in total. The van der Waals surface area contributed by atoms with Gasteiger partial charge in [-0.1, -0.05) is 29.8 Å². The number of nitrogen functional groups attached to an aromatic ring is 1. The first-order chi connectivity index (χ1) is 9.22. The summed E-state index contributed by atoms with van der Waals surface area (Å²) in [6.07, 6.45) is 5.77. The molecule has 0 atom stereocenters. The maximum Gasteiger partial charge on any atom is 0.221 e. The van der Waals surface area contributed by atoms with Crippen LogP contribution in [0.2, 0.25) is 0 Å². The van der Waals surface area contributed by atoms with Crippen molar-refractivity contribution >= 4 is 17.0 Å². The Hall–Kier alpha value is -2.36. The molecule has 19 heavy (non-hydrogen) atoms. The molecule has 4 heteroatoms. The van der Waals surface area contributed by atoms with E-state index in [9.17, 15) is 0 Å². The Morgan fingerprint density at radius 2 is 2.16 bits per heavy atom. The number of rotatable bonds is 3. The highest BCUT2D eigenvalue weighted by molar-refractivity contribution is 5.79. The lowest BCUT2D eigenvalue weighted by Crippen LogP contribution is -1.94. The number of fused-ring (bicyclic) bond motifs is 1. The predicted molar refractivity (Wildman–Crippen MR) is 76.9 cm³/mol. The van der Waals surface area contributed by atoms with E-state index >= 15 is 0 Å². The molecule has 2 heterocycles. The monoisotopic (exact) mass is 252 g/mol. The van der Waals surface area contributed by atoms with Crippen molar-refractivity contribution in [3.05, 3.63) is 53.3 Å². The number of aromatic amines is 1. The van der Waals surface area contributed by atoms with Crippen LogP contribution in [0.5, 0.6) is 0 Å². The second-order valence-electron chi connectivity index (χ2n) is 4.79. The second-order valence-corrected chi connectivity index (χ2v) is 4.79. The van der Waals surface area contributed by atoms with Gasteiger partial charge in [0.15, 0.2) is 0 Å². The van der Waals surface area contributed by atoms with Gasteiger partial charge >= 0.3 is 0 Å². The quantitative estimate of drug-likeness (QED) is 0.753. The summed E-state index contributed by atoms with van der Waals surface area (Å²) in [6, 6.07) is 8.61. The van der Waals surface area contributed by atoms with E-state index in [4.69, 9.17) is 5.73 Å². The molecule has 0 bridgehead atoms. The van der Waals surface area contributed by atoms with Gasteiger partial charge in [0, 0.05) is 17.8 Å². The normalized spacial score (nSPS) is 11.0. The molecular weight excluding hydrogens is 236 g/mol. The van der Waals surface area contributed by atoms with Gasteiger partial charge in [-0.25, -0.2) is 4.98 Å². The van der Waals surface area contributed by atoms with Crippen LogP contribution in [0, 0.1) is 6.92 Å². The third-order valence-electron chi connectivity index (χ3n) is 3.30. The fraction of sp³-hybridized carbons (Fsp3) is 0.200. The van der Waals surface area contributed by atoms with Crippen molar-refractivity contribution < 1.29 is 0 Å². The number of aromatic nitrogens is 3. The molecule has 96 valence electrons. The summed E-state index contributed by atoms with van der Waals surface area (Å²) in [5.41, 5.74) is 10.3. The highest BCUT2D eigenvalue weighted by atomic mass is 15.0. The molecule has 3 N–H and O–H groups in total. The van der Waals surface area contributed by atoms with Gasteiger partial charge < -0.3 is 10.7 Å².